The number of aromatic nitrogens is 1. The lowest BCUT2D eigenvalue weighted by molar-refractivity contribution is 0.395. The van der Waals surface area contributed by atoms with E-state index < -0.39 is 5.41 Å². The minimum absolute atomic E-state index is 0.523. The molecule has 0 fully saturated rings. The van der Waals surface area contributed by atoms with Crippen LogP contribution in [0.15, 0.2) is 48.5 Å². The fraction of sp³-hybridized carbons (Fsp3) is 0.261. The zero-order chi connectivity index (χ0) is 19.4. The Bertz CT molecular complexity index is 1080. The summed E-state index contributed by atoms with van der Waals surface area (Å²) in [6, 6.07) is 20.1. The SMILES string of the molecule is CCc1cc2ccc(C(C)(C#N)Cc3cccc(C#N)c3)cc2nc1OC. The number of ether oxygens (including phenoxy) is 1. The number of fused-ring (bicyclic) bond motifs is 1. The molecule has 0 radical (unpaired) electrons. The van der Waals surface area contributed by atoms with Gasteiger partial charge >= 0.3 is 0 Å². The van der Waals surface area contributed by atoms with E-state index in [4.69, 9.17) is 10.00 Å². The molecule has 0 spiro atoms. The van der Waals surface area contributed by atoms with Gasteiger partial charge in [-0.1, -0.05) is 31.2 Å². The van der Waals surface area contributed by atoms with Crippen LogP contribution in [0.4, 0.5) is 0 Å². The quantitative estimate of drug-likeness (QED) is 0.665. The van der Waals surface area contributed by atoms with E-state index in [9.17, 15) is 5.26 Å². The summed E-state index contributed by atoms with van der Waals surface area (Å²) >= 11 is 0. The van der Waals surface area contributed by atoms with Crippen molar-refractivity contribution in [2.75, 3.05) is 7.11 Å². The van der Waals surface area contributed by atoms with Gasteiger partial charge in [0.1, 0.15) is 0 Å². The lowest BCUT2D eigenvalue weighted by Crippen LogP contribution is -2.23. The maximum absolute atomic E-state index is 9.92. The van der Waals surface area contributed by atoms with Crippen LogP contribution in [0.2, 0.25) is 0 Å². The molecular formula is C23H21N3O. The molecule has 3 rings (SSSR count). The first-order chi connectivity index (χ1) is 13.0. The second-order valence-corrected chi connectivity index (χ2v) is 6.85. The van der Waals surface area contributed by atoms with Crippen molar-refractivity contribution < 1.29 is 4.74 Å². The van der Waals surface area contributed by atoms with Crippen LogP contribution in [0.3, 0.4) is 0 Å². The van der Waals surface area contributed by atoms with Crippen molar-refractivity contribution in [2.45, 2.75) is 32.1 Å². The van der Waals surface area contributed by atoms with Gasteiger partial charge in [0.25, 0.3) is 0 Å². The number of rotatable bonds is 5. The van der Waals surface area contributed by atoms with Gasteiger partial charge in [-0.25, -0.2) is 4.98 Å². The van der Waals surface area contributed by atoms with Gasteiger partial charge in [-0.2, -0.15) is 10.5 Å². The van der Waals surface area contributed by atoms with E-state index in [0.717, 1.165) is 34.0 Å². The highest BCUT2D eigenvalue weighted by Gasteiger charge is 2.27. The van der Waals surface area contributed by atoms with Gasteiger partial charge in [0.2, 0.25) is 5.88 Å². The van der Waals surface area contributed by atoms with E-state index in [1.54, 1.807) is 13.2 Å². The molecule has 3 aromatic rings. The summed E-state index contributed by atoms with van der Waals surface area (Å²) in [4.78, 5) is 4.63. The van der Waals surface area contributed by atoms with Gasteiger partial charge < -0.3 is 4.74 Å². The van der Waals surface area contributed by atoms with E-state index in [0.29, 0.717) is 17.9 Å². The van der Waals surface area contributed by atoms with E-state index in [2.05, 4.69) is 30.1 Å². The summed E-state index contributed by atoms with van der Waals surface area (Å²) in [5, 5.41) is 20.1. The minimum Gasteiger partial charge on any atom is -0.481 e. The standard InChI is InChI=1S/C23H21N3O/c1-4-18-11-19-8-9-20(12-21(19)26-22(18)27-3)23(2,15-25)13-16-6-5-7-17(10-16)14-24/h5-12H,4,13H2,1-3H3. The van der Waals surface area contributed by atoms with Crippen molar-refractivity contribution in [3.8, 4) is 18.0 Å². The van der Waals surface area contributed by atoms with Crippen molar-refractivity contribution in [1.29, 1.82) is 10.5 Å². The van der Waals surface area contributed by atoms with Crippen LogP contribution in [-0.2, 0) is 18.3 Å². The van der Waals surface area contributed by atoms with E-state index >= 15 is 0 Å². The molecular weight excluding hydrogens is 334 g/mol. The highest BCUT2D eigenvalue weighted by molar-refractivity contribution is 5.81. The molecule has 0 bridgehead atoms. The Morgan fingerprint density at radius 3 is 2.59 bits per heavy atom. The number of hydrogen-bond acceptors (Lipinski definition) is 4. The number of hydrogen-bond donors (Lipinski definition) is 0. The Hall–Kier alpha value is -3.37. The van der Waals surface area contributed by atoms with Gasteiger partial charge in [-0.05, 0) is 55.2 Å². The topological polar surface area (TPSA) is 69.7 Å². The summed E-state index contributed by atoms with van der Waals surface area (Å²) in [5.41, 5.74) is 3.62. The lowest BCUT2D eigenvalue weighted by Gasteiger charge is -2.23. The predicted molar refractivity (Wildman–Crippen MR) is 105 cm³/mol. The van der Waals surface area contributed by atoms with Crippen molar-refractivity contribution >= 4 is 10.9 Å². The normalized spacial score (nSPS) is 12.8. The minimum atomic E-state index is -0.722. The summed E-state index contributed by atoms with van der Waals surface area (Å²) in [6.45, 7) is 3.99. The van der Waals surface area contributed by atoms with Crippen molar-refractivity contribution in [3.63, 3.8) is 0 Å². The van der Waals surface area contributed by atoms with Crippen LogP contribution in [0, 0.1) is 22.7 Å². The molecule has 0 aliphatic heterocycles. The Labute approximate surface area is 159 Å². The number of nitrogens with zero attached hydrogens (tertiary/aromatic N) is 3. The molecule has 0 aliphatic carbocycles. The monoisotopic (exact) mass is 355 g/mol. The van der Waals surface area contributed by atoms with Crippen LogP contribution in [-0.4, -0.2) is 12.1 Å². The van der Waals surface area contributed by atoms with Crippen LogP contribution >= 0.6 is 0 Å². The third-order valence-corrected chi connectivity index (χ3v) is 4.93. The Kier molecular flexibility index (Phi) is 5.10. The van der Waals surface area contributed by atoms with Crippen LogP contribution in [0.25, 0.3) is 10.9 Å². The molecule has 134 valence electrons. The number of benzene rings is 2. The van der Waals surface area contributed by atoms with Crippen molar-refractivity contribution in [2.24, 2.45) is 0 Å². The molecule has 0 aliphatic rings. The third kappa shape index (κ3) is 3.61. The lowest BCUT2D eigenvalue weighted by atomic mass is 9.78. The molecule has 4 nitrogen and oxygen atoms in total. The molecule has 27 heavy (non-hydrogen) atoms. The summed E-state index contributed by atoms with van der Waals surface area (Å²) in [6.07, 6.45) is 1.37. The van der Waals surface area contributed by atoms with Crippen molar-refractivity contribution in [1.82, 2.24) is 4.98 Å². The van der Waals surface area contributed by atoms with Crippen LogP contribution in [0.5, 0.6) is 5.88 Å². The molecule has 1 unspecified atom stereocenters. The average Bonchev–Trinajstić information content (AvgIpc) is 2.72. The predicted octanol–water partition coefficient (Wildman–Crippen LogP) is 4.70. The summed E-state index contributed by atoms with van der Waals surface area (Å²) in [7, 11) is 1.62. The first kappa shape index (κ1) is 18.4. The Morgan fingerprint density at radius 1 is 1.11 bits per heavy atom. The maximum atomic E-state index is 9.92. The molecule has 0 amide bonds. The van der Waals surface area contributed by atoms with Gasteiger partial charge in [-0.3, -0.25) is 0 Å². The smallest absolute Gasteiger partial charge is 0.216 e. The summed E-state index contributed by atoms with van der Waals surface area (Å²) < 4.78 is 5.41. The zero-order valence-electron chi connectivity index (χ0n) is 15.8. The van der Waals surface area contributed by atoms with Gasteiger partial charge in [-0.15, -0.1) is 0 Å². The van der Waals surface area contributed by atoms with E-state index in [-0.39, 0.29) is 0 Å². The number of pyridine rings is 1. The number of aryl methyl sites for hydroxylation is 1. The zero-order valence-corrected chi connectivity index (χ0v) is 15.8. The molecule has 4 heteroatoms. The van der Waals surface area contributed by atoms with E-state index in [1.807, 2.05) is 43.3 Å². The molecule has 0 saturated heterocycles. The highest BCUT2D eigenvalue weighted by Crippen LogP contribution is 2.31. The molecule has 2 aromatic carbocycles. The first-order valence-corrected chi connectivity index (χ1v) is 8.91. The van der Waals surface area contributed by atoms with E-state index in [1.165, 1.54) is 0 Å². The second kappa shape index (κ2) is 7.48. The number of methoxy groups -OCH3 is 1. The molecule has 1 aromatic heterocycles. The second-order valence-electron chi connectivity index (χ2n) is 6.85. The van der Waals surface area contributed by atoms with Crippen LogP contribution in [0.1, 0.15) is 36.1 Å². The molecule has 0 N–H and O–H groups in total. The fourth-order valence-corrected chi connectivity index (χ4v) is 3.33. The number of nitriles is 2. The Morgan fingerprint density at radius 2 is 1.93 bits per heavy atom. The fourth-order valence-electron chi connectivity index (χ4n) is 3.33. The highest BCUT2D eigenvalue weighted by atomic mass is 16.5. The molecule has 1 atom stereocenters. The van der Waals surface area contributed by atoms with Crippen LogP contribution < -0.4 is 4.74 Å². The largest absolute Gasteiger partial charge is 0.481 e. The van der Waals surface area contributed by atoms with Crippen molar-refractivity contribution in [3.05, 3.63) is 70.8 Å². The van der Waals surface area contributed by atoms with Gasteiger partial charge in [0.15, 0.2) is 0 Å². The first-order valence-electron chi connectivity index (χ1n) is 8.91. The maximum Gasteiger partial charge on any atom is 0.216 e. The molecule has 1 heterocycles. The average molecular weight is 355 g/mol. The van der Waals surface area contributed by atoms with Gasteiger partial charge in [0, 0.05) is 10.9 Å². The summed E-state index contributed by atoms with van der Waals surface area (Å²) in [5.74, 6) is 0.627. The molecule has 0 saturated carbocycles. The van der Waals surface area contributed by atoms with Gasteiger partial charge in [0.05, 0.1) is 35.7 Å². The third-order valence-electron chi connectivity index (χ3n) is 4.93. The Balaban J connectivity index is 2.05.